The number of hydrogen-bond donors (Lipinski definition) is 1. The number of pyridine rings is 1. The fraction of sp³-hybridized carbons (Fsp3) is 0.344. The zero-order valence-corrected chi connectivity index (χ0v) is 41.7. The van der Waals surface area contributed by atoms with Gasteiger partial charge in [0.15, 0.2) is 0 Å². The van der Waals surface area contributed by atoms with E-state index in [4.69, 9.17) is 30.5 Å². The average molecular weight is 915 g/mol. The van der Waals surface area contributed by atoms with Crippen LogP contribution in [-0.4, -0.2) is 19.6 Å². The quantitative estimate of drug-likeness (QED) is 0.165. The van der Waals surface area contributed by atoms with Crippen molar-refractivity contribution in [2.75, 3.05) is 0 Å². The molecule has 2 heterocycles. The van der Waals surface area contributed by atoms with Crippen molar-refractivity contribution in [1.82, 2.24) is 14.5 Å². The van der Waals surface area contributed by atoms with Crippen molar-refractivity contribution >= 4 is 11.0 Å². The molecule has 0 aliphatic carbocycles. The molecule has 0 amide bonds. The second-order valence-electron chi connectivity index (χ2n) is 21.7. The molecule has 2 aromatic heterocycles. The smallest absolute Gasteiger partial charge is 0.149 e. The standard InChI is InChI=1S/C64H73N3O/c1-39(2)44-30-45(40(3)4)32-46(31-44)42-22-26-52(27-23-42)67-57-19-17-18-53(58(57)66-60(67)54-37-51(63(11,12)13)38-55(59(54)68)64(14,15)16)47-33-48(35-50(34-47)62(8,9)10)56-36-43(28-29-65-56)41-20-24-49(25-21-41)61(5,6)7/h17-40,68H,1-16H3/i5D3,6D3,7D3,20D,21D,24D,25D,39D,40D. The van der Waals surface area contributed by atoms with Crippen molar-refractivity contribution in [3.8, 4) is 67.5 Å². The second-order valence-corrected chi connectivity index (χ2v) is 21.7. The van der Waals surface area contributed by atoms with Gasteiger partial charge in [-0.05, 0) is 138 Å². The molecule has 0 radical (unpaired) electrons. The number of fused-ring (bicyclic) bond motifs is 1. The third kappa shape index (κ3) is 9.70. The molecule has 8 aromatic rings. The molecule has 0 atom stereocenters. The summed E-state index contributed by atoms with van der Waals surface area (Å²) >= 11 is 0. The van der Waals surface area contributed by atoms with E-state index in [1.807, 2.05) is 107 Å². The van der Waals surface area contributed by atoms with Gasteiger partial charge in [-0.15, -0.1) is 0 Å². The molecule has 0 unspecified atom stereocenters. The van der Waals surface area contributed by atoms with Gasteiger partial charge >= 0.3 is 0 Å². The first kappa shape index (κ1) is 32.5. The molecule has 0 aliphatic heterocycles. The lowest BCUT2D eigenvalue weighted by Gasteiger charge is -2.27. The number of phenols is 1. The number of aromatic hydroxyl groups is 1. The minimum atomic E-state index is -3.82. The molecule has 1 N–H and O–H groups in total. The number of nitrogens with zero attached hydrogens (tertiary/aromatic N) is 3. The zero-order chi connectivity index (χ0) is 62.1. The largest absolute Gasteiger partial charge is 0.507 e. The summed E-state index contributed by atoms with van der Waals surface area (Å²) in [5.41, 5.74) is 4.67. The van der Waals surface area contributed by atoms with Crippen molar-refractivity contribution in [1.29, 1.82) is 0 Å². The Hall–Kier alpha value is -6.26. The molecule has 4 heteroatoms. The minimum absolute atomic E-state index is 0.103. The number of aromatic nitrogens is 3. The highest BCUT2D eigenvalue weighted by Gasteiger charge is 2.29. The molecule has 350 valence electrons. The van der Waals surface area contributed by atoms with Crippen LogP contribution in [0.1, 0.15) is 176 Å². The van der Waals surface area contributed by atoms with Crippen molar-refractivity contribution in [2.24, 2.45) is 0 Å². The van der Waals surface area contributed by atoms with Gasteiger partial charge in [-0.2, -0.15) is 0 Å². The SMILES string of the molecule is [2H]c1c([2H])c(C(C([2H])([2H])[2H])(C([2H])([2H])[2H])C([2H])([2H])[2H])c([2H])c([2H])c1-c1ccnc(-c2cc(-c3cccc4c3nc(-c3cc(C(C)(C)C)cc(C(C)(C)C)c3O)n4-c3ccc(-c4cc(C([2H])(C)C)cc(C([2H])(C)C)c4)cc3)cc(C(C)(C)C)c2)c1. The van der Waals surface area contributed by atoms with E-state index in [1.54, 1.807) is 6.07 Å². The lowest BCUT2D eigenvalue weighted by atomic mass is 9.79. The summed E-state index contributed by atoms with van der Waals surface area (Å²) in [6, 6.07) is 29.2. The molecule has 0 fully saturated rings. The van der Waals surface area contributed by atoms with Gasteiger partial charge in [0, 0.05) is 43.7 Å². The van der Waals surface area contributed by atoms with Gasteiger partial charge in [-0.3, -0.25) is 9.55 Å². The van der Waals surface area contributed by atoms with Crippen LogP contribution in [0.5, 0.6) is 5.75 Å². The molecule has 68 heavy (non-hydrogen) atoms. The fourth-order valence-corrected chi connectivity index (χ4v) is 8.51. The van der Waals surface area contributed by atoms with Gasteiger partial charge < -0.3 is 5.11 Å². The summed E-state index contributed by atoms with van der Waals surface area (Å²) in [4.78, 5) is 10.3. The van der Waals surface area contributed by atoms with Crippen molar-refractivity contribution in [3.05, 3.63) is 167 Å². The van der Waals surface area contributed by atoms with Crippen LogP contribution in [-0.2, 0) is 21.7 Å². The van der Waals surface area contributed by atoms with Gasteiger partial charge in [0.25, 0.3) is 0 Å². The Morgan fingerprint density at radius 1 is 0.544 bits per heavy atom. The number of hydrogen-bond acceptors (Lipinski definition) is 3. The third-order valence-corrected chi connectivity index (χ3v) is 12.7. The van der Waals surface area contributed by atoms with Crippen LogP contribution in [0.15, 0.2) is 133 Å². The van der Waals surface area contributed by atoms with Crippen LogP contribution in [0.4, 0.5) is 0 Å². The maximum absolute atomic E-state index is 12.5. The Morgan fingerprint density at radius 2 is 1.16 bits per heavy atom. The molecule has 0 saturated carbocycles. The van der Waals surface area contributed by atoms with E-state index >= 15 is 0 Å². The molecule has 0 bridgehead atoms. The molecular weight excluding hydrogens is 827 g/mol. The first-order chi connectivity index (χ1) is 37.8. The Kier molecular flexibility index (Phi) is 8.44. The second kappa shape index (κ2) is 17.7. The summed E-state index contributed by atoms with van der Waals surface area (Å²) < 4.78 is 131. The van der Waals surface area contributed by atoms with Crippen molar-refractivity contribution in [2.45, 2.75) is 144 Å². The van der Waals surface area contributed by atoms with Crippen LogP contribution in [0.25, 0.3) is 72.7 Å². The normalized spacial score (nSPS) is 16.8. The monoisotopic (exact) mass is 915 g/mol. The van der Waals surface area contributed by atoms with Crippen LogP contribution < -0.4 is 0 Å². The van der Waals surface area contributed by atoms with Crippen LogP contribution in [0.2, 0.25) is 0 Å². The van der Waals surface area contributed by atoms with E-state index in [9.17, 15) is 5.11 Å². The van der Waals surface area contributed by atoms with Gasteiger partial charge in [-0.25, -0.2) is 4.98 Å². The molecule has 6 aromatic carbocycles. The number of benzene rings is 6. The zero-order valence-electron chi connectivity index (χ0n) is 56.7. The summed E-state index contributed by atoms with van der Waals surface area (Å²) in [6.45, 7) is 14.7. The first-order valence-electron chi connectivity index (χ1n) is 30.7. The van der Waals surface area contributed by atoms with E-state index in [0.29, 0.717) is 28.2 Å². The number of rotatable bonds is 8. The average Bonchev–Trinajstić information content (AvgIpc) is 1.18. The van der Waals surface area contributed by atoms with Gasteiger partial charge in [0.2, 0.25) is 0 Å². The Morgan fingerprint density at radius 3 is 1.75 bits per heavy atom. The Bertz CT molecular complexity index is 3740. The summed E-state index contributed by atoms with van der Waals surface area (Å²) in [6.07, 6.45) is 1.43. The third-order valence-electron chi connectivity index (χ3n) is 12.7. The number of para-hydroxylation sites is 1. The van der Waals surface area contributed by atoms with Crippen LogP contribution in [0.3, 0.4) is 0 Å². The molecule has 4 nitrogen and oxygen atoms in total. The maximum Gasteiger partial charge on any atom is 0.149 e. The van der Waals surface area contributed by atoms with Crippen LogP contribution >= 0.6 is 0 Å². The molecule has 0 aliphatic rings. The highest BCUT2D eigenvalue weighted by Crippen LogP contribution is 2.45. The lowest BCUT2D eigenvalue weighted by molar-refractivity contribution is 0.446. The maximum atomic E-state index is 12.5. The summed E-state index contributed by atoms with van der Waals surface area (Å²) in [5, 5.41) is 12.5. The fourth-order valence-electron chi connectivity index (χ4n) is 8.51. The molecule has 0 spiro atoms. The highest BCUT2D eigenvalue weighted by atomic mass is 16.3. The lowest BCUT2D eigenvalue weighted by Crippen LogP contribution is -2.17. The van der Waals surface area contributed by atoms with Crippen molar-refractivity contribution < 1.29 is 25.7 Å². The predicted octanol–water partition coefficient (Wildman–Crippen LogP) is 17.9. The predicted molar refractivity (Wildman–Crippen MR) is 291 cm³/mol. The minimum Gasteiger partial charge on any atom is -0.507 e. The summed E-state index contributed by atoms with van der Waals surface area (Å²) in [5.74, 6) is -1.23. The van der Waals surface area contributed by atoms with Crippen LogP contribution in [0, 0.1) is 0 Å². The Labute approximate surface area is 428 Å². The van der Waals surface area contributed by atoms with Crippen molar-refractivity contribution in [3.63, 3.8) is 0 Å². The van der Waals surface area contributed by atoms with E-state index in [2.05, 4.69) is 79.0 Å². The summed E-state index contributed by atoms with van der Waals surface area (Å²) in [7, 11) is 0. The number of phenolic OH excluding ortho intramolecular Hbond substituents is 1. The van der Waals surface area contributed by atoms with E-state index in [-0.39, 0.29) is 22.3 Å². The molecular formula is C64H73N3O. The van der Waals surface area contributed by atoms with Gasteiger partial charge in [0.05, 0.1) is 27.8 Å². The Balaban J connectivity index is 1.38. The van der Waals surface area contributed by atoms with Gasteiger partial charge in [-0.1, -0.05) is 189 Å². The molecule has 8 rings (SSSR count). The van der Waals surface area contributed by atoms with E-state index < -0.39 is 78.3 Å². The number of imidazole rings is 1. The van der Waals surface area contributed by atoms with Gasteiger partial charge in [0.1, 0.15) is 11.6 Å². The van der Waals surface area contributed by atoms with E-state index in [0.717, 1.165) is 61.3 Å². The topological polar surface area (TPSA) is 50.9 Å². The van der Waals surface area contributed by atoms with E-state index in [1.165, 1.54) is 12.3 Å². The highest BCUT2D eigenvalue weighted by molar-refractivity contribution is 5.97. The molecule has 0 saturated heterocycles. The first-order valence-corrected chi connectivity index (χ1v) is 23.2.